The molecule has 0 saturated carbocycles. The van der Waals surface area contributed by atoms with Gasteiger partial charge in [-0.15, -0.1) is 11.3 Å². The summed E-state index contributed by atoms with van der Waals surface area (Å²) in [5.74, 6) is 0.366. The van der Waals surface area contributed by atoms with Gasteiger partial charge in [0.25, 0.3) is 0 Å². The summed E-state index contributed by atoms with van der Waals surface area (Å²) in [7, 11) is 0. The lowest BCUT2D eigenvalue weighted by Crippen LogP contribution is -2.25. The van der Waals surface area contributed by atoms with Crippen LogP contribution in [0.4, 0.5) is 4.39 Å². The Kier molecular flexibility index (Phi) is 6.07. The third-order valence-electron chi connectivity index (χ3n) is 5.28. The van der Waals surface area contributed by atoms with Gasteiger partial charge in [0, 0.05) is 33.6 Å². The van der Waals surface area contributed by atoms with E-state index in [4.69, 9.17) is 5.73 Å². The molecule has 3 aromatic rings. The van der Waals surface area contributed by atoms with Gasteiger partial charge in [-0.3, -0.25) is 4.99 Å². The molecule has 1 aliphatic rings. The van der Waals surface area contributed by atoms with Crippen LogP contribution in [0.3, 0.4) is 0 Å². The molecule has 0 unspecified atom stereocenters. The van der Waals surface area contributed by atoms with Crippen molar-refractivity contribution in [3.05, 3.63) is 86.2 Å². The number of aromatic amines is 1. The third-order valence-corrected chi connectivity index (χ3v) is 7.68. The molecule has 0 radical (unpaired) electrons. The van der Waals surface area contributed by atoms with Gasteiger partial charge in [0.2, 0.25) is 0 Å². The van der Waals surface area contributed by atoms with Crippen LogP contribution in [0.15, 0.2) is 58.2 Å². The van der Waals surface area contributed by atoms with Gasteiger partial charge in [-0.1, -0.05) is 24.4 Å². The van der Waals surface area contributed by atoms with Crippen LogP contribution >= 0.6 is 23.1 Å². The summed E-state index contributed by atoms with van der Waals surface area (Å²) in [6, 6.07) is 5.50. The number of hydrogen-bond donors (Lipinski definition) is 3. The largest absolute Gasteiger partial charge is 0.385 e. The smallest absolute Gasteiger partial charge is 0.147 e. The Morgan fingerprint density at radius 2 is 2.13 bits per heavy atom. The van der Waals surface area contributed by atoms with Crippen LogP contribution in [0, 0.1) is 26.6 Å². The Bertz CT molecular complexity index is 1260. The zero-order valence-corrected chi connectivity index (χ0v) is 19.4. The molecule has 4 nitrogen and oxygen atoms in total. The first-order valence-corrected chi connectivity index (χ1v) is 11.7. The molecule has 1 aliphatic heterocycles. The number of allylic oxidation sites excluding steroid dienone is 2. The molecule has 0 fully saturated rings. The lowest BCUT2D eigenvalue weighted by atomic mass is 10.0. The number of nitrogens with one attached hydrogen (secondary N) is 2. The first-order chi connectivity index (χ1) is 14.9. The molecule has 4 N–H and O–H groups in total. The van der Waals surface area contributed by atoms with E-state index in [1.54, 1.807) is 23.1 Å². The second-order valence-corrected chi connectivity index (χ2v) is 9.52. The standard InChI is InChI=1S/C24H25FN4S2/c1-5-27-18-11-20(19-10-13(2)12-30-19)31-23(18)24(26)28-9-8-16-15(4)29-22-17(25)7-6-14(3)21(16)22/h5-7,10-12,28-29H,1,8-9,26H2,2-4H3/b24-23-,27-18-. The lowest BCUT2D eigenvalue weighted by Gasteiger charge is -2.11. The number of aromatic nitrogens is 1. The fourth-order valence-electron chi connectivity index (χ4n) is 3.81. The number of H-pyrrole nitrogens is 1. The van der Waals surface area contributed by atoms with E-state index in [-0.39, 0.29) is 5.82 Å². The van der Waals surface area contributed by atoms with Gasteiger partial charge in [-0.25, -0.2) is 4.39 Å². The molecule has 0 saturated heterocycles. The Hall–Kier alpha value is -2.77. The first kappa shape index (κ1) is 21.5. The topological polar surface area (TPSA) is 66.2 Å². The number of aliphatic imine (C=N–C) groups is 1. The molecule has 0 amide bonds. The molecule has 1 aromatic carbocycles. The van der Waals surface area contributed by atoms with Crippen molar-refractivity contribution in [2.45, 2.75) is 27.2 Å². The molecule has 2 aromatic heterocycles. The summed E-state index contributed by atoms with van der Waals surface area (Å²) < 4.78 is 14.2. The molecule has 3 heterocycles. The number of fused-ring (bicyclic) bond motifs is 1. The van der Waals surface area contributed by atoms with Gasteiger partial charge < -0.3 is 16.0 Å². The number of hydrogen-bond acceptors (Lipinski definition) is 5. The summed E-state index contributed by atoms with van der Waals surface area (Å²) >= 11 is 3.33. The van der Waals surface area contributed by atoms with E-state index < -0.39 is 0 Å². The molecule has 0 bridgehead atoms. The second kappa shape index (κ2) is 8.77. The van der Waals surface area contributed by atoms with E-state index >= 15 is 0 Å². The summed E-state index contributed by atoms with van der Waals surface area (Å²) in [6.45, 7) is 10.4. The van der Waals surface area contributed by atoms with Gasteiger partial charge >= 0.3 is 0 Å². The number of nitrogens with zero attached hydrogens (tertiary/aromatic N) is 1. The van der Waals surface area contributed by atoms with Crippen LogP contribution in [-0.2, 0) is 6.42 Å². The molecular formula is C24H25FN4S2. The molecule has 0 aliphatic carbocycles. The molecule has 4 rings (SSSR count). The number of aryl methyl sites for hydroxylation is 3. The van der Waals surface area contributed by atoms with Crippen molar-refractivity contribution < 1.29 is 4.39 Å². The molecule has 160 valence electrons. The van der Waals surface area contributed by atoms with Gasteiger partial charge in [-0.2, -0.15) is 0 Å². The zero-order valence-electron chi connectivity index (χ0n) is 17.8. The Labute approximate surface area is 189 Å². The van der Waals surface area contributed by atoms with Gasteiger partial charge in [0.05, 0.1) is 16.1 Å². The fraction of sp³-hybridized carbons (Fsp3) is 0.208. The maximum atomic E-state index is 14.2. The number of halogens is 1. The van der Waals surface area contributed by atoms with Crippen molar-refractivity contribution in [3.63, 3.8) is 0 Å². The van der Waals surface area contributed by atoms with Crippen LogP contribution in [0.1, 0.15) is 27.3 Å². The van der Waals surface area contributed by atoms with Crippen molar-refractivity contribution >= 4 is 44.6 Å². The Balaban J connectivity index is 1.53. The van der Waals surface area contributed by atoms with Crippen molar-refractivity contribution in [1.29, 1.82) is 0 Å². The number of rotatable bonds is 6. The number of thioether (sulfide) groups is 1. The van der Waals surface area contributed by atoms with Crippen LogP contribution in [0.5, 0.6) is 0 Å². The minimum Gasteiger partial charge on any atom is -0.385 e. The molecule has 0 atom stereocenters. The zero-order chi connectivity index (χ0) is 22.1. The second-order valence-electron chi connectivity index (χ2n) is 7.56. The SMILES string of the molecule is C=C/N=C1/C=C(c2cc(C)cs2)S/C1=C(/N)NCCc1c(C)[nH]c2c(F)ccc(C)c12. The number of nitrogens with two attached hydrogens (primary N) is 1. The average Bonchev–Trinajstić information content (AvgIpc) is 3.43. The summed E-state index contributed by atoms with van der Waals surface area (Å²) in [6.07, 6.45) is 4.32. The maximum Gasteiger partial charge on any atom is 0.147 e. The highest BCUT2D eigenvalue weighted by molar-refractivity contribution is 8.13. The lowest BCUT2D eigenvalue weighted by molar-refractivity contribution is 0.637. The van der Waals surface area contributed by atoms with Gasteiger partial charge in [0.15, 0.2) is 0 Å². The summed E-state index contributed by atoms with van der Waals surface area (Å²) in [5.41, 5.74) is 12.2. The molecule has 7 heteroatoms. The predicted octanol–water partition coefficient (Wildman–Crippen LogP) is 5.93. The predicted molar refractivity (Wildman–Crippen MR) is 133 cm³/mol. The third kappa shape index (κ3) is 4.20. The maximum absolute atomic E-state index is 14.2. The number of thiophene rings is 1. The van der Waals surface area contributed by atoms with Crippen LogP contribution in [0.25, 0.3) is 15.8 Å². The van der Waals surface area contributed by atoms with Gasteiger partial charge in [0.1, 0.15) is 11.6 Å². The minimum atomic E-state index is -0.223. The molecule has 31 heavy (non-hydrogen) atoms. The quantitative estimate of drug-likeness (QED) is 0.434. The van der Waals surface area contributed by atoms with Crippen LogP contribution in [0.2, 0.25) is 0 Å². The monoisotopic (exact) mass is 452 g/mol. The van der Waals surface area contributed by atoms with E-state index in [1.165, 1.54) is 22.7 Å². The molecular weight excluding hydrogens is 427 g/mol. The summed E-state index contributed by atoms with van der Waals surface area (Å²) in [4.78, 5) is 10.8. The Morgan fingerprint density at radius 1 is 1.32 bits per heavy atom. The van der Waals surface area contributed by atoms with Crippen molar-refractivity contribution in [2.75, 3.05) is 6.54 Å². The van der Waals surface area contributed by atoms with E-state index in [0.717, 1.165) is 44.1 Å². The van der Waals surface area contributed by atoms with E-state index in [1.807, 2.05) is 19.9 Å². The highest BCUT2D eigenvalue weighted by Crippen LogP contribution is 2.43. The fourth-order valence-corrected chi connectivity index (χ4v) is 5.84. The van der Waals surface area contributed by atoms with Crippen molar-refractivity contribution in [2.24, 2.45) is 10.7 Å². The van der Waals surface area contributed by atoms with E-state index in [0.29, 0.717) is 17.9 Å². The van der Waals surface area contributed by atoms with E-state index in [9.17, 15) is 4.39 Å². The highest BCUT2D eigenvalue weighted by atomic mass is 32.2. The first-order valence-electron chi connectivity index (χ1n) is 10.0. The average molecular weight is 453 g/mol. The normalized spacial score (nSPS) is 16.8. The molecule has 0 spiro atoms. The minimum absolute atomic E-state index is 0.223. The highest BCUT2D eigenvalue weighted by Gasteiger charge is 2.23. The van der Waals surface area contributed by atoms with E-state index in [2.05, 4.69) is 46.3 Å². The van der Waals surface area contributed by atoms with Crippen molar-refractivity contribution in [3.8, 4) is 0 Å². The van der Waals surface area contributed by atoms with Crippen LogP contribution < -0.4 is 11.1 Å². The Morgan fingerprint density at radius 3 is 2.84 bits per heavy atom. The van der Waals surface area contributed by atoms with Crippen LogP contribution in [-0.4, -0.2) is 17.2 Å². The van der Waals surface area contributed by atoms with Gasteiger partial charge in [-0.05, 0) is 67.5 Å². The van der Waals surface area contributed by atoms with Crippen molar-refractivity contribution in [1.82, 2.24) is 10.3 Å². The number of benzene rings is 1. The summed E-state index contributed by atoms with van der Waals surface area (Å²) in [5, 5.41) is 6.44.